The number of carbonyl (C=O) groups is 4. The second-order valence-corrected chi connectivity index (χ2v) is 29.7. The summed E-state index contributed by atoms with van der Waals surface area (Å²) in [7, 11) is -13.7. The molecule has 6 aromatic rings. The van der Waals surface area contributed by atoms with E-state index in [4.69, 9.17) is 25.2 Å². The molecule has 0 aliphatic heterocycles. The normalized spacial score (nSPS) is 16.4. The molecule has 0 radical (unpaired) electrons. The van der Waals surface area contributed by atoms with Crippen LogP contribution in [-0.4, -0.2) is 117 Å². The van der Waals surface area contributed by atoms with Crippen molar-refractivity contribution >= 4 is 79.6 Å². The van der Waals surface area contributed by atoms with Crippen molar-refractivity contribution in [1.29, 1.82) is 0 Å². The number of nitrogens with zero attached hydrogens (tertiary/aromatic N) is 6. The Kier molecular flexibility index (Phi) is 19.6. The Bertz CT molecular complexity index is 4360. The number of phosphoric acid groups is 1. The van der Waals surface area contributed by atoms with Crippen LogP contribution in [0, 0.1) is 29.4 Å². The summed E-state index contributed by atoms with van der Waals surface area (Å²) < 4.78 is 233. The summed E-state index contributed by atoms with van der Waals surface area (Å²) in [5.74, 6) is -13.1. The highest BCUT2D eigenvalue weighted by molar-refractivity contribution is 7.92. The van der Waals surface area contributed by atoms with Gasteiger partial charge in [-0.05, 0) is 120 Å². The monoisotopic (exact) mass is 1400 g/mol. The number of sulfone groups is 1. The number of anilines is 1. The Morgan fingerprint density at radius 3 is 2.03 bits per heavy atom. The van der Waals surface area contributed by atoms with Gasteiger partial charge >= 0.3 is 32.1 Å². The Labute approximate surface area is 529 Å². The molecule has 3 N–H and O–H groups in total. The SMILES string of the molecule is CC(C)OP(=O)(Oc1cc(C(=O)O)cc(C(=O)O)c1C(C)CC(=O)CN(c1nn(CC(F)(F)F)c2c(-c3ccc(C#CC(C)(C)S(C)(=O)=O)nc3[C@H](Cc3cc(F)cc(F)c3)NC(=O)Cn3nc(C(F)(F)F)c4c3C(F)(F)[C@@H]3C[C@H]43)ccc(Cl)c12)S(C)(=O)=O)OC(C)C. The molecule has 502 valence electrons. The number of pyridine rings is 1. The van der Waals surface area contributed by atoms with Gasteiger partial charge in [0.05, 0.1) is 63.8 Å². The number of carboxylic acid groups (broad SMARTS) is 2. The number of aromatic nitrogens is 5. The van der Waals surface area contributed by atoms with Crippen LogP contribution in [-0.2, 0) is 74.7 Å². The minimum atomic E-state index is -5.28. The molecule has 2 aliphatic rings. The van der Waals surface area contributed by atoms with Crippen LogP contribution in [0.3, 0.4) is 0 Å². The van der Waals surface area contributed by atoms with E-state index in [0.29, 0.717) is 18.4 Å². The van der Waals surface area contributed by atoms with Gasteiger partial charge in [0.25, 0.3) is 5.92 Å². The van der Waals surface area contributed by atoms with Crippen molar-refractivity contribution in [3.8, 4) is 28.7 Å². The third-order valence-electron chi connectivity index (χ3n) is 14.8. The largest absolute Gasteiger partial charge is 0.530 e. The number of amides is 1. The molecule has 3 heterocycles. The maximum atomic E-state index is 15.8. The van der Waals surface area contributed by atoms with Crippen molar-refractivity contribution in [3.63, 3.8) is 0 Å². The second kappa shape index (κ2) is 25.6. The number of rotatable bonds is 24. The number of carboxylic acids is 2. The van der Waals surface area contributed by atoms with Crippen LogP contribution in [0.2, 0.25) is 5.02 Å². The van der Waals surface area contributed by atoms with Crippen LogP contribution in [0.5, 0.6) is 5.75 Å². The summed E-state index contributed by atoms with van der Waals surface area (Å²) >= 11 is 6.81. The fraction of sp³-hybridized carbons (Fsp3) is 0.431. The predicted molar refractivity (Wildman–Crippen MR) is 314 cm³/mol. The number of halogens is 11. The average molecular weight is 1400 g/mol. The minimum Gasteiger partial charge on any atom is -0.478 e. The van der Waals surface area contributed by atoms with E-state index < -0.39 is 227 Å². The summed E-state index contributed by atoms with van der Waals surface area (Å²) in [6.45, 7) is 4.60. The third-order valence-corrected chi connectivity index (χ3v) is 20.0. The van der Waals surface area contributed by atoms with Crippen LogP contribution in [0.25, 0.3) is 22.0 Å². The number of ketones is 1. The van der Waals surface area contributed by atoms with Crippen molar-refractivity contribution in [3.05, 3.63) is 122 Å². The molecule has 0 bridgehead atoms. The van der Waals surface area contributed by atoms with E-state index in [2.05, 4.69) is 32.3 Å². The van der Waals surface area contributed by atoms with Gasteiger partial charge in [-0.1, -0.05) is 30.5 Å². The number of nitrogens with one attached hydrogen (secondary N) is 1. The molecule has 35 heteroatoms. The van der Waals surface area contributed by atoms with E-state index in [1.165, 1.54) is 48.5 Å². The van der Waals surface area contributed by atoms with Crippen LogP contribution >= 0.6 is 19.4 Å². The molecule has 3 aromatic heterocycles. The summed E-state index contributed by atoms with van der Waals surface area (Å²) in [6, 6.07) is 5.87. The van der Waals surface area contributed by atoms with Gasteiger partial charge in [0, 0.05) is 46.9 Å². The lowest BCUT2D eigenvalue weighted by Crippen LogP contribution is -2.36. The van der Waals surface area contributed by atoms with Gasteiger partial charge in [-0.3, -0.25) is 28.0 Å². The zero-order chi connectivity index (χ0) is 69.4. The number of hydrogen-bond acceptors (Lipinski definition) is 15. The van der Waals surface area contributed by atoms with Crippen molar-refractivity contribution < 1.29 is 108 Å². The van der Waals surface area contributed by atoms with Crippen LogP contribution in [0.15, 0.2) is 54.6 Å². The zero-order valence-corrected chi connectivity index (χ0v) is 53.6. The zero-order valence-electron chi connectivity index (χ0n) is 50.3. The second-order valence-electron chi connectivity index (χ2n) is 23.3. The molecule has 0 saturated heterocycles. The summed E-state index contributed by atoms with van der Waals surface area (Å²) in [6.07, 6.45) is -12.9. The van der Waals surface area contributed by atoms with Gasteiger partial charge in [-0.25, -0.2) is 49.1 Å². The fourth-order valence-electron chi connectivity index (χ4n) is 10.7. The molecule has 2 aliphatic carbocycles. The van der Waals surface area contributed by atoms with E-state index in [-0.39, 0.29) is 36.9 Å². The van der Waals surface area contributed by atoms with E-state index in [9.17, 15) is 77.1 Å². The maximum Gasteiger partial charge on any atom is 0.530 e. The Morgan fingerprint density at radius 1 is 0.871 bits per heavy atom. The highest BCUT2D eigenvalue weighted by atomic mass is 35.5. The number of sulfonamides is 1. The lowest BCUT2D eigenvalue weighted by atomic mass is 9.89. The van der Waals surface area contributed by atoms with Crippen LogP contribution in [0.4, 0.5) is 49.7 Å². The summed E-state index contributed by atoms with van der Waals surface area (Å²) in [4.78, 5) is 58.5. The Hall–Kier alpha value is -7.63. The molecule has 1 fully saturated rings. The molecular formula is C58H57ClF10N7O14PS2. The van der Waals surface area contributed by atoms with Crippen molar-refractivity contribution in [2.75, 3.05) is 23.4 Å². The smallest absolute Gasteiger partial charge is 0.478 e. The molecule has 1 unspecified atom stereocenters. The number of alkyl halides is 8. The standard InChI is InChI=1S/C58H57ClF10N7O14PS2/c1-27(2)88-91(83,89-28(3)4)90-43-21-31(53(79)80)20-39(54(81)82)45(43)29(5)16-35(77)24-76(93(9,86)87)52-47-41(59)13-12-37(49(47)75(73-52)26-56(62,63)64)36-11-10-34(14-15-55(6,7)92(8,84)85)70-48(36)42(19-30-17-32(60)22-33(61)18-30)71-44(78)25-74-51-46(50(72-74)58(67,68)69)38-23-40(38)57(51,65)66/h10-13,17-18,20-22,27-29,38,40,42H,16,19,23-26H2,1-9H3,(H,71,78)(H,79,80)(H,81,82)/t29?,38-,40+,42-/m0/s1. The molecule has 0 spiro atoms. The molecule has 1 amide bonds. The van der Waals surface area contributed by atoms with Crippen molar-refractivity contribution in [2.24, 2.45) is 5.92 Å². The molecule has 8 rings (SSSR count). The number of benzene rings is 3. The molecule has 1 saturated carbocycles. The van der Waals surface area contributed by atoms with Gasteiger partial charge in [-0.15, -0.1) is 0 Å². The van der Waals surface area contributed by atoms with E-state index >= 15 is 17.6 Å². The number of aromatic carboxylic acids is 2. The average Bonchev–Trinajstić information content (AvgIpc) is 1.52. The Morgan fingerprint density at radius 2 is 1.48 bits per heavy atom. The van der Waals surface area contributed by atoms with Crippen molar-refractivity contribution in [2.45, 2.75) is 134 Å². The lowest BCUT2D eigenvalue weighted by molar-refractivity contribution is -0.143. The first kappa shape index (κ1) is 71.2. The summed E-state index contributed by atoms with van der Waals surface area (Å²) in [5, 5.41) is 29.0. The van der Waals surface area contributed by atoms with Crippen LogP contribution < -0.4 is 14.1 Å². The fourth-order valence-corrected chi connectivity index (χ4v) is 13.5. The molecule has 3 aromatic carbocycles. The topological polar surface area (TPSA) is 286 Å². The first-order valence-corrected chi connectivity index (χ1v) is 33.4. The Balaban J connectivity index is 1.30. The first-order chi connectivity index (χ1) is 42.7. The van der Waals surface area contributed by atoms with E-state index in [1.54, 1.807) is 0 Å². The van der Waals surface area contributed by atoms with Gasteiger partial charge in [-0.2, -0.15) is 45.3 Å². The molecule has 4 atom stereocenters. The highest BCUT2D eigenvalue weighted by Crippen LogP contribution is 2.68. The minimum absolute atomic E-state index is 0.158. The lowest BCUT2D eigenvalue weighted by Gasteiger charge is -2.26. The highest BCUT2D eigenvalue weighted by Gasteiger charge is 2.68. The van der Waals surface area contributed by atoms with E-state index in [1.807, 2.05) is 0 Å². The molecule has 21 nitrogen and oxygen atoms in total. The number of fused-ring (bicyclic) bond motifs is 4. The van der Waals surface area contributed by atoms with Crippen molar-refractivity contribution in [1.82, 2.24) is 29.9 Å². The predicted octanol–water partition coefficient (Wildman–Crippen LogP) is 11.6. The number of Topliss-reactive ketones (excluding diaryl/α,β-unsaturated/α-hetero) is 1. The number of carbonyl (C=O) groups excluding carboxylic acids is 2. The summed E-state index contributed by atoms with van der Waals surface area (Å²) in [5.41, 5.74) is -8.43. The number of phosphoric ester groups is 1. The third kappa shape index (κ3) is 15.6. The van der Waals surface area contributed by atoms with Gasteiger partial charge in [0.15, 0.2) is 27.1 Å². The maximum absolute atomic E-state index is 15.8. The first-order valence-electron chi connectivity index (χ1n) is 27.8. The quantitative estimate of drug-likeness (QED) is 0.0288. The van der Waals surface area contributed by atoms with Gasteiger partial charge < -0.3 is 20.1 Å². The van der Waals surface area contributed by atoms with Gasteiger partial charge in [0.2, 0.25) is 15.9 Å². The van der Waals surface area contributed by atoms with Crippen LogP contribution in [0.1, 0.15) is 139 Å². The number of hydrogen-bond donors (Lipinski definition) is 3. The van der Waals surface area contributed by atoms with Gasteiger partial charge in [0.1, 0.15) is 46.6 Å². The van der Waals surface area contributed by atoms with E-state index in [0.717, 1.165) is 48.7 Å². The molecular weight excluding hydrogens is 1340 g/mol. The molecule has 93 heavy (non-hydrogen) atoms.